The van der Waals surface area contributed by atoms with Gasteiger partial charge in [0.15, 0.2) is 0 Å². The van der Waals surface area contributed by atoms with Crippen molar-refractivity contribution in [2.45, 2.75) is 4.90 Å². The van der Waals surface area contributed by atoms with Crippen LogP contribution in [0.1, 0.15) is 0 Å². The van der Waals surface area contributed by atoms with Gasteiger partial charge in [-0.2, -0.15) is 8.42 Å². The van der Waals surface area contributed by atoms with Crippen molar-refractivity contribution >= 4 is 32.1 Å². The van der Waals surface area contributed by atoms with Gasteiger partial charge in [-0.05, 0) is 36.4 Å². The Morgan fingerprint density at radius 1 is 0.944 bits per heavy atom. The fourth-order valence-electron chi connectivity index (χ4n) is 1.90. The molecule has 0 amide bonds. The van der Waals surface area contributed by atoms with E-state index in [2.05, 4.69) is 0 Å². The maximum Gasteiger partial charge on any atom is 0.294 e. The lowest BCUT2D eigenvalue weighted by Crippen LogP contribution is -1.96. The highest BCUT2D eigenvalue weighted by Gasteiger charge is 2.14. The Morgan fingerprint density at radius 2 is 1.56 bits per heavy atom. The van der Waals surface area contributed by atoms with Crippen LogP contribution >= 0.6 is 0 Å². The molecule has 3 aromatic rings. The van der Waals surface area contributed by atoms with Crippen molar-refractivity contribution in [1.82, 2.24) is 0 Å². The van der Waals surface area contributed by atoms with Crippen LogP contribution in [0.5, 0.6) is 5.75 Å². The molecule has 0 aliphatic carbocycles. The maximum atomic E-state index is 11.1. The number of benzene rings is 2. The minimum atomic E-state index is -4.26. The Morgan fingerprint density at radius 3 is 2.22 bits per heavy atom. The lowest BCUT2D eigenvalue weighted by Gasteiger charge is -1.96. The van der Waals surface area contributed by atoms with Crippen LogP contribution < -0.4 is 0 Å². The van der Waals surface area contributed by atoms with Gasteiger partial charge < -0.3 is 9.52 Å². The second-order valence-corrected chi connectivity index (χ2v) is 5.34. The summed E-state index contributed by atoms with van der Waals surface area (Å²) in [6.45, 7) is 0. The zero-order chi connectivity index (χ0) is 12.9. The van der Waals surface area contributed by atoms with Crippen molar-refractivity contribution in [3.63, 3.8) is 0 Å². The van der Waals surface area contributed by atoms with Gasteiger partial charge >= 0.3 is 0 Å². The summed E-state index contributed by atoms with van der Waals surface area (Å²) in [5.41, 5.74) is 1.03. The fraction of sp³-hybridized carbons (Fsp3) is 0. The number of phenolic OH excluding ortho intramolecular Hbond substituents is 1. The highest BCUT2D eigenvalue weighted by molar-refractivity contribution is 7.85. The van der Waals surface area contributed by atoms with E-state index in [1.165, 1.54) is 30.3 Å². The second kappa shape index (κ2) is 3.47. The molecular weight excluding hydrogens is 256 g/mol. The Labute approximate surface area is 102 Å². The monoisotopic (exact) mass is 264 g/mol. The molecule has 6 heteroatoms. The van der Waals surface area contributed by atoms with Crippen molar-refractivity contribution in [2.75, 3.05) is 0 Å². The number of furan rings is 1. The molecule has 0 spiro atoms. The minimum absolute atomic E-state index is 0.0578. The molecule has 0 saturated carbocycles. The van der Waals surface area contributed by atoms with Gasteiger partial charge in [-0.15, -0.1) is 0 Å². The molecule has 1 aromatic heterocycles. The number of rotatable bonds is 1. The molecule has 0 atom stereocenters. The van der Waals surface area contributed by atoms with Crippen LogP contribution in [0.25, 0.3) is 21.9 Å². The van der Waals surface area contributed by atoms with Gasteiger partial charge in [0.25, 0.3) is 10.1 Å². The van der Waals surface area contributed by atoms with Crippen LogP contribution in [-0.2, 0) is 10.1 Å². The standard InChI is InChI=1S/C12H8O5S/c13-7-1-3-11-9(5-7)10-6-8(18(14,15)16)2-4-12(10)17-11/h1-6,13H,(H,14,15,16). The van der Waals surface area contributed by atoms with Gasteiger partial charge in [-0.1, -0.05) is 0 Å². The summed E-state index contributed by atoms with van der Waals surface area (Å²) < 4.78 is 36.6. The first kappa shape index (κ1) is 11.1. The molecule has 0 saturated heterocycles. The summed E-state index contributed by atoms with van der Waals surface area (Å²) in [6, 6.07) is 8.60. The zero-order valence-corrected chi connectivity index (χ0v) is 9.81. The van der Waals surface area contributed by atoms with E-state index >= 15 is 0 Å². The van der Waals surface area contributed by atoms with E-state index in [4.69, 9.17) is 8.97 Å². The first-order valence-corrected chi connectivity index (χ1v) is 6.52. The number of hydrogen-bond donors (Lipinski definition) is 2. The van der Waals surface area contributed by atoms with Gasteiger partial charge in [-0.25, -0.2) is 0 Å². The largest absolute Gasteiger partial charge is 0.508 e. The number of phenols is 1. The molecule has 0 aliphatic heterocycles. The van der Waals surface area contributed by atoms with Crippen molar-refractivity contribution in [3.05, 3.63) is 36.4 Å². The first-order valence-electron chi connectivity index (χ1n) is 5.08. The Hall–Kier alpha value is -2.05. The van der Waals surface area contributed by atoms with Gasteiger partial charge in [0, 0.05) is 10.8 Å². The highest BCUT2D eigenvalue weighted by atomic mass is 32.2. The van der Waals surface area contributed by atoms with E-state index in [9.17, 15) is 13.5 Å². The highest BCUT2D eigenvalue weighted by Crippen LogP contribution is 2.32. The predicted octanol–water partition coefficient (Wildman–Crippen LogP) is 2.54. The third-order valence-electron chi connectivity index (χ3n) is 2.72. The summed E-state index contributed by atoms with van der Waals surface area (Å²) >= 11 is 0. The number of aromatic hydroxyl groups is 1. The topological polar surface area (TPSA) is 87.7 Å². The molecule has 0 bridgehead atoms. The predicted molar refractivity (Wildman–Crippen MR) is 65.2 cm³/mol. The molecule has 5 nitrogen and oxygen atoms in total. The van der Waals surface area contributed by atoms with Gasteiger partial charge in [-0.3, -0.25) is 4.55 Å². The van der Waals surface area contributed by atoms with E-state index in [-0.39, 0.29) is 10.6 Å². The molecule has 0 unspecified atom stereocenters. The SMILES string of the molecule is O=S(=O)(O)c1ccc2oc3ccc(O)cc3c2c1. The van der Waals surface area contributed by atoms with Crippen LogP contribution in [0, 0.1) is 0 Å². The van der Waals surface area contributed by atoms with Crippen LogP contribution in [0.4, 0.5) is 0 Å². The van der Waals surface area contributed by atoms with E-state index in [0.29, 0.717) is 21.9 Å². The second-order valence-electron chi connectivity index (χ2n) is 3.92. The lowest BCUT2D eigenvalue weighted by molar-refractivity contribution is 0.476. The molecule has 92 valence electrons. The molecule has 0 fully saturated rings. The molecule has 2 aromatic carbocycles. The summed E-state index contributed by atoms with van der Waals surface area (Å²) in [5.74, 6) is 0.0578. The first-order chi connectivity index (χ1) is 8.45. The van der Waals surface area contributed by atoms with Gasteiger partial charge in [0.1, 0.15) is 16.9 Å². The average Bonchev–Trinajstić information content (AvgIpc) is 2.65. The lowest BCUT2D eigenvalue weighted by atomic mass is 10.1. The van der Waals surface area contributed by atoms with Crippen molar-refractivity contribution in [1.29, 1.82) is 0 Å². The fourth-order valence-corrected chi connectivity index (χ4v) is 2.41. The summed E-state index contributed by atoms with van der Waals surface area (Å²) in [4.78, 5) is -0.207. The molecule has 18 heavy (non-hydrogen) atoms. The third-order valence-corrected chi connectivity index (χ3v) is 3.57. The van der Waals surface area contributed by atoms with E-state index in [1.54, 1.807) is 6.07 Å². The quantitative estimate of drug-likeness (QED) is 0.659. The van der Waals surface area contributed by atoms with E-state index in [1.807, 2.05) is 0 Å². The molecule has 0 radical (unpaired) electrons. The molecule has 0 aliphatic rings. The number of fused-ring (bicyclic) bond motifs is 3. The Kier molecular flexibility index (Phi) is 2.13. The Bertz CT molecular complexity index is 861. The average molecular weight is 264 g/mol. The normalized spacial score (nSPS) is 12.3. The smallest absolute Gasteiger partial charge is 0.294 e. The van der Waals surface area contributed by atoms with Crippen molar-refractivity contribution < 1.29 is 22.5 Å². The van der Waals surface area contributed by atoms with Gasteiger partial charge in [0.2, 0.25) is 0 Å². The number of hydrogen-bond acceptors (Lipinski definition) is 4. The minimum Gasteiger partial charge on any atom is -0.508 e. The maximum absolute atomic E-state index is 11.1. The van der Waals surface area contributed by atoms with Crippen LogP contribution in [0.15, 0.2) is 45.7 Å². The Balaban J connectivity index is 2.45. The molecular formula is C12H8O5S. The zero-order valence-electron chi connectivity index (χ0n) is 8.99. The van der Waals surface area contributed by atoms with E-state index in [0.717, 1.165) is 0 Å². The summed E-state index contributed by atoms with van der Waals surface area (Å²) in [7, 11) is -4.26. The van der Waals surface area contributed by atoms with E-state index < -0.39 is 10.1 Å². The summed E-state index contributed by atoms with van der Waals surface area (Å²) in [6.07, 6.45) is 0. The summed E-state index contributed by atoms with van der Waals surface area (Å²) in [5, 5.41) is 10.5. The molecule has 2 N–H and O–H groups in total. The molecule has 3 rings (SSSR count). The molecule has 1 heterocycles. The van der Waals surface area contributed by atoms with Crippen LogP contribution in [0.3, 0.4) is 0 Å². The van der Waals surface area contributed by atoms with Crippen molar-refractivity contribution in [3.8, 4) is 5.75 Å². The van der Waals surface area contributed by atoms with Crippen LogP contribution in [-0.4, -0.2) is 18.1 Å². The van der Waals surface area contributed by atoms with Crippen LogP contribution in [0.2, 0.25) is 0 Å². The third kappa shape index (κ3) is 1.62. The van der Waals surface area contributed by atoms with Gasteiger partial charge in [0.05, 0.1) is 4.90 Å². The van der Waals surface area contributed by atoms with Crippen molar-refractivity contribution in [2.24, 2.45) is 0 Å².